The number of ether oxygens (including phenoxy) is 1. The molecule has 0 saturated heterocycles. The molecule has 3 rings (SSSR count). The molecular formula is C16H13ClN2O4. The lowest BCUT2D eigenvalue weighted by Crippen LogP contribution is -2.25. The van der Waals surface area contributed by atoms with Crippen LogP contribution in [0.15, 0.2) is 46.1 Å². The van der Waals surface area contributed by atoms with Gasteiger partial charge in [0.15, 0.2) is 0 Å². The molecule has 0 saturated carbocycles. The molecular weight excluding hydrogens is 320 g/mol. The standard InChI is InChI=1S/C16H13ClN2O4/c1-2-22-13(20)7-19-9-18-15-14(16(19)21)12(8-23-15)10-3-5-11(17)6-4-10/h3-6,8-9H,2,7H2,1H3. The van der Waals surface area contributed by atoms with Gasteiger partial charge in [0.05, 0.1) is 6.61 Å². The maximum atomic E-state index is 12.6. The molecule has 0 radical (unpaired) electrons. The Morgan fingerprint density at radius 2 is 2.09 bits per heavy atom. The zero-order chi connectivity index (χ0) is 16.4. The summed E-state index contributed by atoms with van der Waals surface area (Å²) in [5.41, 5.74) is 1.25. The van der Waals surface area contributed by atoms with Crippen molar-refractivity contribution in [1.29, 1.82) is 0 Å². The highest BCUT2D eigenvalue weighted by Gasteiger charge is 2.16. The zero-order valence-electron chi connectivity index (χ0n) is 12.3. The summed E-state index contributed by atoms with van der Waals surface area (Å²) < 4.78 is 11.4. The molecule has 0 unspecified atom stereocenters. The molecule has 0 aliphatic rings. The summed E-state index contributed by atoms with van der Waals surface area (Å²) in [4.78, 5) is 28.3. The number of halogens is 1. The Morgan fingerprint density at radius 1 is 1.35 bits per heavy atom. The van der Waals surface area contributed by atoms with Crippen LogP contribution in [0.25, 0.3) is 22.2 Å². The van der Waals surface area contributed by atoms with Crippen molar-refractivity contribution >= 4 is 28.7 Å². The van der Waals surface area contributed by atoms with E-state index in [0.29, 0.717) is 16.0 Å². The molecule has 0 atom stereocenters. The Balaban J connectivity index is 2.09. The quantitative estimate of drug-likeness (QED) is 0.687. The van der Waals surface area contributed by atoms with E-state index in [1.807, 2.05) is 0 Å². The van der Waals surface area contributed by atoms with Gasteiger partial charge in [0.1, 0.15) is 24.5 Å². The van der Waals surface area contributed by atoms with Crippen molar-refractivity contribution in [2.45, 2.75) is 13.5 Å². The molecule has 0 N–H and O–H groups in total. The first-order valence-corrected chi connectivity index (χ1v) is 7.36. The number of carbonyl (C=O) groups is 1. The number of fused-ring (bicyclic) bond motifs is 1. The Labute approximate surface area is 136 Å². The van der Waals surface area contributed by atoms with Crippen LogP contribution in [0.4, 0.5) is 0 Å². The van der Waals surface area contributed by atoms with Crippen molar-refractivity contribution in [2.75, 3.05) is 6.61 Å². The Kier molecular flexibility index (Phi) is 4.16. The van der Waals surface area contributed by atoms with Gasteiger partial charge in [-0.3, -0.25) is 14.2 Å². The topological polar surface area (TPSA) is 74.3 Å². The lowest BCUT2D eigenvalue weighted by molar-refractivity contribution is -0.143. The molecule has 0 spiro atoms. The highest BCUT2D eigenvalue weighted by molar-refractivity contribution is 6.30. The molecule has 3 aromatic rings. The fourth-order valence-electron chi connectivity index (χ4n) is 2.27. The number of nitrogens with zero attached hydrogens (tertiary/aromatic N) is 2. The molecule has 0 aliphatic heterocycles. The van der Waals surface area contributed by atoms with Crippen LogP contribution in [0.1, 0.15) is 6.92 Å². The predicted octanol–water partition coefficient (Wildman–Crippen LogP) is 2.87. The summed E-state index contributed by atoms with van der Waals surface area (Å²) in [5.74, 6) is -0.493. The number of furan rings is 1. The van der Waals surface area contributed by atoms with Crippen LogP contribution >= 0.6 is 11.6 Å². The Morgan fingerprint density at radius 3 is 2.78 bits per heavy atom. The summed E-state index contributed by atoms with van der Waals surface area (Å²) in [6.45, 7) is 1.77. The largest absolute Gasteiger partial charge is 0.465 e. The molecule has 0 fully saturated rings. The third-order valence-corrected chi connectivity index (χ3v) is 3.57. The van der Waals surface area contributed by atoms with E-state index in [2.05, 4.69) is 4.98 Å². The van der Waals surface area contributed by atoms with Gasteiger partial charge in [-0.05, 0) is 24.6 Å². The van der Waals surface area contributed by atoms with Gasteiger partial charge in [-0.2, -0.15) is 0 Å². The van der Waals surface area contributed by atoms with E-state index < -0.39 is 5.97 Å². The average molecular weight is 333 g/mol. The molecule has 7 heteroatoms. The number of esters is 1. The minimum atomic E-state index is -0.493. The third kappa shape index (κ3) is 2.98. The Hall–Kier alpha value is -2.60. The van der Waals surface area contributed by atoms with E-state index in [1.54, 1.807) is 31.2 Å². The van der Waals surface area contributed by atoms with Gasteiger partial charge in [-0.25, -0.2) is 4.98 Å². The van der Waals surface area contributed by atoms with E-state index in [4.69, 9.17) is 20.8 Å². The molecule has 2 heterocycles. The lowest BCUT2D eigenvalue weighted by atomic mass is 10.1. The highest BCUT2D eigenvalue weighted by Crippen LogP contribution is 2.28. The number of benzene rings is 1. The maximum absolute atomic E-state index is 12.6. The van der Waals surface area contributed by atoms with Gasteiger partial charge in [0.25, 0.3) is 5.56 Å². The van der Waals surface area contributed by atoms with Crippen molar-refractivity contribution < 1.29 is 13.9 Å². The summed E-state index contributed by atoms with van der Waals surface area (Å²) in [6.07, 6.45) is 2.74. The minimum Gasteiger partial charge on any atom is -0.465 e. The monoisotopic (exact) mass is 332 g/mol. The first kappa shape index (κ1) is 15.3. The molecule has 0 aliphatic carbocycles. The van der Waals surface area contributed by atoms with Crippen LogP contribution in [0.2, 0.25) is 5.02 Å². The second-order valence-corrected chi connectivity index (χ2v) is 5.26. The predicted molar refractivity (Wildman–Crippen MR) is 85.3 cm³/mol. The number of carbonyl (C=O) groups excluding carboxylic acids is 1. The molecule has 1 aromatic carbocycles. The smallest absolute Gasteiger partial charge is 0.326 e. The average Bonchev–Trinajstić information content (AvgIpc) is 2.96. The minimum absolute atomic E-state index is 0.194. The van der Waals surface area contributed by atoms with Gasteiger partial charge < -0.3 is 9.15 Å². The van der Waals surface area contributed by atoms with Crippen LogP contribution in [-0.4, -0.2) is 22.1 Å². The maximum Gasteiger partial charge on any atom is 0.326 e. The summed E-state index contributed by atoms with van der Waals surface area (Å²) in [5, 5.41) is 0.915. The van der Waals surface area contributed by atoms with Crippen molar-refractivity contribution in [3.8, 4) is 11.1 Å². The molecule has 0 amide bonds. The second kappa shape index (κ2) is 6.26. The third-order valence-electron chi connectivity index (χ3n) is 3.32. The summed E-state index contributed by atoms with van der Waals surface area (Å²) in [6, 6.07) is 7.02. The fraction of sp³-hybridized carbons (Fsp3) is 0.188. The van der Waals surface area contributed by atoms with Gasteiger partial charge in [-0.15, -0.1) is 0 Å². The van der Waals surface area contributed by atoms with Gasteiger partial charge >= 0.3 is 5.97 Å². The molecule has 118 valence electrons. The van der Waals surface area contributed by atoms with Crippen LogP contribution in [-0.2, 0) is 16.1 Å². The van der Waals surface area contributed by atoms with Gasteiger partial charge in [0.2, 0.25) is 5.71 Å². The molecule has 0 bridgehead atoms. The van der Waals surface area contributed by atoms with Crippen molar-refractivity contribution in [2.24, 2.45) is 0 Å². The lowest BCUT2D eigenvalue weighted by Gasteiger charge is -2.05. The van der Waals surface area contributed by atoms with Crippen molar-refractivity contribution in [3.05, 3.63) is 52.2 Å². The van der Waals surface area contributed by atoms with E-state index >= 15 is 0 Å². The fourth-order valence-corrected chi connectivity index (χ4v) is 2.39. The normalized spacial score (nSPS) is 10.9. The van der Waals surface area contributed by atoms with Crippen LogP contribution in [0.3, 0.4) is 0 Å². The molecule has 23 heavy (non-hydrogen) atoms. The Bertz CT molecular complexity index is 912. The van der Waals surface area contributed by atoms with Crippen LogP contribution in [0.5, 0.6) is 0 Å². The van der Waals surface area contributed by atoms with Crippen molar-refractivity contribution in [3.63, 3.8) is 0 Å². The van der Waals surface area contributed by atoms with E-state index in [9.17, 15) is 9.59 Å². The molecule has 2 aromatic heterocycles. The number of hydrogen-bond donors (Lipinski definition) is 0. The number of aromatic nitrogens is 2. The first-order valence-electron chi connectivity index (χ1n) is 6.98. The summed E-state index contributed by atoms with van der Waals surface area (Å²) >= 11 is 5.88. The van der Waals surface area contributed by atoms with Crippen LogP contribution in [0, 0.1) is 0 Å². The van der Waals surface area contributed by atoms with Crippen LogP contribution < -0.4 is 5.56 Å². The zero-order valence-corrected chi connectivity index (χ0v) is 13.0. The first-order chi connectivity index (χ1) is 11.1. The van der Waals surface area contributed by atoms with Crippen molar-refractivity contribution in [1.82, 2.24) is 9.55 Å². The van der Waals surface area contributed by atoms with E-state index in [-0.39, 0.29) is 24.4 Å². The van der Waals surface area contributed by atoms with Gasteiger partial charge in [0, 0.05) is 10.6 Å². The van der Waals surface area contributed by atoms with E-state index in [1.165, 1.54) is 17.2 Å². The van der Waals surface area contributed by atoms with Gasteiger partial charge in [-0.1, -0.05) is 23.7 Å². The summed E-state index contributed by atoms with van der Waals surface area (Å²) in [7, 11) is 0. The SMILES string of the molecule is CCOC(=O)Cn1cnc2occ(-c3ccc(Cl)cc3)c2c1=O. The highest BCUT2D eigenvalue weighted by atomic mass is 35.5. The van der Waals surface area contributed by atoms with E-state index in [0.717, 1.165) is 5.56 Å². The second-order valence-electron chi connectivity index (χ2n) is 4.82. The number of hydrogen-bond acceptors (Lipinski definition) is 5. The number of rotatable bonds is 4. The molecule has 6 nitrogen and oxygen atoms in total.